The normalized spacial score (nSPS) is 14.2. The summed E-state index contributed by atoms with van der Waals surface area (Å²) >= 11 is 0. The van der Waals surface area contributed by atoms with Crippen LogP contribution < -0.4 is 4.74 Å². The van der Waals surface area contributed by atoms with Gasteiger partial charge in [-0.2, -0.15) is 5.10 Å². The molecular weight excluding hydrogens is 306 g/mol. The third kappa shape index (κ3) is 3.37. The second-order valence-corrected chi connectivity index (χ2v) is 6.91. The molecule has 24 heavy (non-hydrogen) atoms. The lowest BCUT2D eigenvalue weighted by molar-refractivity contribution is 0.0224. The summed E-state index contributed by atoms with van der Waals surface area (Å²) in [4.78, 5) is 14.1. The van der Waals surface area contributed by atoms with Crippen molar-refractivity contribution in [3.63, 3.8) is 0 Å². The first-order valence-electron chi connectivity index (χ1n) is 8.06. The van der Waals surface area contributed by atoms with Gasteiger partial charge in [0.15, 0.2) is 0 Å². The number of ether oxygens (including phenoxy) is 2. The standard InChI is InChI=1S/C18H23N3O3/c1-18(2,3)24-17(22)21-10-9-15-14(11-21)16(20-19-15)12-5-7-13(23-4)8-6-12/h5-8H,9-11H2,1-4H3,(H,19,20). The van der Waals surface area contributed by atoms with E-state index in [1.54, 1.807) is 12.0 Å². The number of carbonyl (C=O) groups is 1. The number of aromatic nitrogens is 2. The van der Waals surface area contributed by atoms with Gasteiger partial charge in [0.05, 0.1) is 19.3 Å². The van der Waals surface area contributed by atoms with Gasteiger partial charge in [0, 0.05) is 29.8 Å². The lowest BCUT2D eigenvalue weighted by Gasteiger charge is -2.30. The number of nitrogens with one attached hydrogen (secondary N) is 1. The largest absolute Gasteiger partial charge is 0.497 e. The average molecular weight is 329 g/mol. The van der Waals surface area contributed by atoms with E-state index in [2.05, 4.69) is 10.2 Å². The van der Waals surface area contributed by atoms with E-state index in [0.29, 0.717) is 13.1 Å². The fourth-order valence-electron chi connectivity index (χ4n) is 2.77. The van der Waals surface area contributed by atoms with E-state index >= 15 is 0 Å². The quantitative estimate of drug-likeness (QED) is 0.917. The van der Waals surface area contributed by atoms with Gasteiger partial charge in [-0.25, -0.2) is 4.79 Å². The number of fused-ring (bicyclic) bond motifs is 1. The van der Waals surface area contributed by atoms with Gasteiger partial charge >= 0.3 is 6.09 Å². The van der Waals surface area contributed by atoms with Crippen LogP contribution in [0.15, 0.2) is 24.3 Å². The van der Waals surface area contributed by atoms with Crippen molar-refractivity contribution in [1.29, 1.82) is 0 Å². The minimum absolute atomic E-state index is 0.282. The summed E-state index contributed by atoms with van der Waals surface area (Å²) in [7, 11) is 1.64. The van der Waals surface area contributed by atoms with Gasteiger partial charge < -0.3 is 14.4 Å². The number of amides is 1. The van der Waals surface area contributed by atoms with Crippen LogP contribution in [0.3, 0.4) is 0 Å². The monoisotopic (exact) mass is 329 g/mol. The number of rotatable bonds is 2. The minimum Gasteiger partial charge on any atom is -0.497 e. The summed E-state index contributed by atoms with van der Waals surface area (Å²) < 4.78 is 10.7. The summed E-state index contributed by atoms with van der Waals surface area (Å²) in [6.07, 6.45) is 0.465. The Bertz CT molecular complexity index is 729. The van der Waals surface area contributed by atoms with Crippen molar-refractivity contribution in [3.8, 4) is 17.0 Å². The zero-order chi connectivity index (χ0) is 17.3. The van der Waals surface area contributed by atoms with E-state index in [-0.39, 0.29) is 6.09 Å². The molecule has 3 rings (SSSR count). The molecular formula is C18H23N3O3. The Labute approximate surface area is 141 Å². The maximum atomic E-state index is 12.3. The van der Waals surface area contributed by atoms with Crippen molar-refractivity contribution in [2.45, 2.75) is 39.3 Å². The van der Waals surface area contributed by atoms with Gasteiger partial charge in [-0.05, 0) is 45.0 Å². The summed E-state index contributed by atoms with van der Waals surface area (Å²) in [5.74, 6) is 0.804. The van der Waals surface area contributed by atoms with Crippen LogP contribution in [0.5, 0.6) is 5.75 Å². The third-order valence-electron chi connectivity index (χ3n) is 3.95. The van der Waals surface area contributed by atoms with Crippen LogP contribution >= 0.6 is 0 Å². The highest BCUT2D eigenvalue weighted by atomic mass is 16.6. The molecule has 0 saturated heterocycles. The van der Waals surface area contributed by atoms with E-state index < -0.39 is 5.60 Å². The fourth-order valence-corrected chi connectivity index (χ4v) is 2.77. The van der Waals surface area contributed by atoms with Crippen molar-refractivity contribution in [2.75, 3.05) is 13.7 Å². The zero-order valence-corrected chi connectivity index (χ0v) is 14.5. The van der Waals surface area contributed by atoms with Crippen LogP contribution in [0.4, 0.5) is 4.79 Å². The zero-order valence-electron chi connectivity index (χ0n) is 14.5. The molecule has 6 heteroatoms. The van der Waals surface area contributed by atoms with Crippen LogP contribution in [-0.2, 0) is 17.7 Å². The van der Waals surface area contributed by atoms with E-state index in [9.17, 15) is 4.79 Å². The van der Waals surface area contributed by atoms with Gasteiger partial charge in [0.2, 0.25) is 0 Å². The first kappa shape index (κ1) is 16.4. The van der Waals surface area contributed by atoms with Crippen LogP contribution in [-0.4, -0.2) is 40.4 Å². The molecule has 1 N–H and O–H groups in total. The second-order valence-electron chi connectivity index (χ2n) is 6.91. The predicted octanol–water partition coefficient (Wildman–Crippen LogP) is 3.38. The number of H-pyrrole nitrogens is 1. The molecule has 1 aromatic heterocycles. The Morgan fingerprint density at radius 2 is 1.96 bits per heavy atom. The molecule has 1 aliphatic heterocycles. The molecule has 1 amide bonds. The SMILES string of the molecule is COc1ccc(-c2n[nH]c3c2CN(C(=O)OC(C)(C)C)CC3)cc1. The summed E-state index contributed by atoms with van der Waals surface area (Å²) in [6.45, 7) is 6.76. The summed E-state index contributed by atoms with van der Waals surface area (Å²) in [5, 5.41) is 7.55. The fraction of sp³-hybridized carbons (Fsp3) is 0.444. The number of aromatic amines is 1. The maximum absolute atomic E-state index is 12.3. The topological polar surface area (TPSA) is 67.5 Å². The smallest absolute Gasteiger partial charge is 0.410 e. The highest BCUT2D eigenvalue weighted by molar-refractivity contribution is 5.71. The molecule has 0 fully saturated rings. The van der Waals surface area contributed by atoms with Crippen molar-refractivity contribution >= 4 is 6.09 Å². The molecule has 0 unspecified atom stereocenters. The molecule has 0 spiro atoms. The first-order chi connectivity index (χ1) is 11.4. The first-order valence-corrected chi connectivity index (χ1v) is 8.06. The number of benzene rings is 1. The van der Waals surface area contributed by atoms with Crippen molar-refractivity contribution in [1.82, 2.24) is 15.1 Å². The molecule has 2 heterocycles. The Hall–Kier alpha value is -2.50. The molecule has 1 aromatic carbocycles. The molecule has 0 radical (unpaired) electrons. The summed E-state index contributed by atoms with van der Waals surface area (Å²) in [5.41, 5.74) is 3.52. The molecule has 0 saturated carbocycles. The Kier molecular flexibility index (Phi) is 4.22. The Morgan fingerprint density at radius 3 is 2.58 bits per heavy atom. The highest BCUT2D eigenvalue weighted by Crippen LogP contribution is 2.30. The minimum atomic E-state index is -0.493. The highest BCUT2D eigenvalue weighted by Gasteiger charge is 2.28. The lowest BCUT2D eigenvalue weighted by Crippen LogP contribution is -2.39. The van der Waals surface area contributed by atoms with Crippen molar-refractivity contribution in [3.05, 3.63) is 35.5 Å². The summed E-state index contributed by atoms with van der Waals surface area (Å²) in [6, 6.07) is 7.76. The van der Waals surface area contributed by atoms with Crippen LogP contribution in [0.1, 0.15) is 32.0 Å². The van der Waals surface area contributed by atoms with Gasteiger partial charge in [-0.15, -0.1) is 0 Å². The molecule has 6 nitrogen and oxygen atoms in total. The van der Waals surface area contributed by atoms with E-state index in [1.165, 1.54) is 0 Å². The second kappa shape index (κ2) is 6.19. The predicted molar refractivity (Wildman–Crippen MR) is 90.9 cm³/mol. The number of nitrogens with zero attached hydrogens (tertiary/aromatic N) is 2. The van der Waals surface area contributed by atoms with Crippen LogP contribution in [0.25, 0.3) is 11.3 Å². The van der Waals surface area contributed by atoms with Gasteiger partial charge in [0.25, 0.3) is 0 Å². The number of carbonyl (C=O) groups excluding carboxylic acids is 1. The van der Waals surface area contributed by atoms with E-state index in [4.69, 9.17) is 9.47 Å². The molecule has 128 valence electrons. The third-order valence-corrected chi connectivity index (χ3v) is 3.95. The van der Waals surface area contributed by atoms with Gasteiger partial charge in [-0.1, -0.05) is 0 Å². The number of methoxy groups -OCH3 is 1. The Morgan fingerprint density at radius 1 is 1.25 bits per heavy atom. The average Bonchev–Trinajstić information content (AvgIpc) is 2.96. The van der Waals surface area contributed by atoms with Crippen LogP contribution in [0, 0.1) is 0 Å². The van der Waals surface area contributed by atoms with Gasteiger partial charge in [0.1, 0.15) is 11.4 Å². The molecule has 2 aromatic rings. The van der Waals surface area contributed by atoms with E-state index in [1.807, 2.05) is 45.0 Å². The van der Waals surface area contributed by atoms with Crippen molar-refractivity contribution < 1.29 is 14.3 Å². The lowest BCUT2D eigenvalue weighted by atomic mass is 10.0. The molecule has 0 aliphatic carbocycles. The molecule has 1 aliphatic rings. The van der Waals surface area contributed by atoms with Crippen LogP contribution in [0.2, 0.25) is 0 Å². The Balaban J connectivity index is 1.83. The van der Waals surface area contributed by atoms with E-state index in [0.717, 1.165) is 34.7 Å². The molecule has 0 atom stereocenters. The number of hydrogen-bond donors (Lipinski definition) is 1. The molecule has 0 bridgehead atoms. The van der Waals surface area contributed by atoms with Gasteiger partial charge in [-0.3, -0.25) is 5.10 Å². The number of hydrogen-bond acceptors (Lipinski definition) is 4. The maximum Gasteiger partial charge on any atom is 0.410 e. The van der Waals surface area contributed by atoms with Crippen molar-refractivity contribution in [2.24, 2.45) is 0 Å².